The summed E-state index contributed by atoms with van der Waals surface area (Å²) >= 11 is 0. The van der Waals surface area contributed by atoms with E-state index in [9.17, 15) is 0 Å². The molecule has 24 heavy (non-hydrogen) atoms. The first-order valence-corrected chi connectivity index (χ1v) is 8.16. The number of nitrogens with zero attached hydrogens (tertiary/aromatic N) is 2. The minimum atomic E-state index is 0.0746. The largest absolute Gasteiger partial charge is 0.419 e. The van der Waals surface area contributed by atoms with Crippen LogP contribution in [0.4, 0.5) is 5.69 Å². The molecule has 0 aliphatic carbocycles. The highest BCUT2D eigenvalue weighted by Gasteiger charge is 2.17. The molecule has 4 heteroatoms. The Bertz CT molecular complexity index is 831. The number of aromatic nitrogens is 2. The van der Waals surface area contributed by atoms with E-state index in [-0.39, 0.29) is 5.41 Å². The molecular formula is C20H23N3O. The molecule has 1 N–H and O–H groups in total. The summed E-state index contributed by atoms with van der Waals surface area (Å²) in [4.78, 5) is 0. The van der Waals surface area contributed by atoms with E-state index in [2.05, 4.69) is 54.5 Å². The molecule has 0 amide bonds. The number of hydrogen-bond acceptors (Lipinski definition) is 4. The Hall–Kier alpha value is -2.62. The van der Waals surface area contributed by atoms with Crippen LogP contribution in [-0.4, -0.2) is 10.2 Å². The van der Waals surface area contributed by atoms with Crippen molar-refractivity contribution < 1.29 is 4.42 Å². The molecule has 0 radical (unpaired) electrons. The summed E-state index contributed by atoms with van der Waals surface area (Å²) in [5.74, 6) is 1.13. The predicted octanol–water partition coefficient (Wildman–Crippen LogP) is 4.95. The van der Waals surface area contributed by atoms with Crippen molar-refractivity contribution in [2.45, 2.75) is 39.7 Å². The molecule has 0 unspecified atom stereocenters. The number of para-hydroxylation sites is 1. The van der Waals surface area contributed by atoms with Gasteiger partial charge in [-0.3, -0.25) is 0 Å². The lowest BCUT2D eigenvalue weighted by Crippen LogP contribution is -2.14. The summed E-state index contributed by atoms with van der Waals surface area (Å²) < 4.78 is 5.79. The van der Waals surface area contributed by atoms with Crippen LogP contribution in [0.5, 0.6) is 0 Å². The number of anilines is 1. The first-order chi connectivity index (χ1) is 11.4. The average Bonchev–Trinajstić information content (AvgIpc) is 3.01. The Morgan fingerprint density at radius 1 is 1.00 bits per heavy atom. The Balaban J connectivity index is 1.75. The van der Waals surface area contributed by atoms with Crippen LogP contribution in [0.25, 0.3) is 11.5 Å². The fourth-order valence-corrected chi connectivity index (χ4v) is 2.68. The molecule has 3 aromatic rings. The van der Waals surface area contributed by atoms with Crippen LogP contribution < -0.4 is 5.32 Å². The van der Waals surface area contributed by atoms with E-state index in [4.69, 9.17) is 4.42 Å². The fraction of sp³-hybridized carbons (Fsp3) is 0.300. The van der Waals surface area contributed by atoms with Crippen molar-refractivity contribution in [3.05, 3.63) is 65.5 Å². The van der Waals surface area contributed by atoms with E-state index in [1.165, 1.54) is 11.1 Å². The quantitative estimate of drug-likeness (QED) is 0.738. The maximum absolute atomic E-state index is 5.79. The van der Waals surface area contributed by atoms with Gasteiger partial charge in [-0.05, 0) is 36.1 Å². The molecule has 3 rings (SSSR count). The highest BCUT2D eigenvalue weighted by atomic mass is 16.4. The Morgan fingerprint density at radius 2 is 1.79 bits per heavy atom. The molecule has 0 spiro atoms. The molecular weight excluding hydrogens is 298 g/mol. The highest BCUT2D eigenvalue weighted by molar-refractivity contribution is 5.55. The minimum Gasteiger partial charge on any atom is -0.419 e. The summed E-state index contributed by atoms with van der Waals surface area (Å²) in [5.41, 5.74) is 4.56. The third kappa shape index (κ3) is 3.65. The number of hydrogen-bond donors (Lipinski definition) is 1. The SMILES string of the molecule is Cc1cccc(-c2nnc(CNc3ccccc3C(C)(C)C)o2)c1. The number of rotatable bonds is 4. The van der Waals surface area contributed by atoms with Crippen LogP contribution in [-0.2, 0) is 12.0 Å². The van der Waals surface area contributed by atoms with E-state index in [0.717, 1.165) is 11.3 Å². The lowest BCUT2D eigenvalue weighted by atomic mass is 9.86. The van der Waals surface area contributed by atoms with Gasteiger partial charge in [-0.15, -0.1) is 10.2 Å². The molecule has 0 saturated carbocycles. The molecule has 2 aromatic carbocycles. The molecule has 124 valence electrons. The Labute approximate surface area is 142 Å². The monoisotopic (exact) mass is 321 g/mol. The summed E-state index contributed by atoms with van der Waals surface area (Å²) in [6, 6.07) is 16.4. The van der Waals surface area contributed by atoms with Gasteiger partial charge in [0.2, 0.25) is 11.8 Å². The van der Waals surface area contributed by atoms with Gasteiger partial charge >= 0.3 is 0 Å². The number of aryl methyl sites for hydroxylation is 1. The van der Waals surface area contributed by atoms with E-state index >= 15 is 0 Å². The van der Waals surface area contributed by atoms with Crippen LogP contribution in [0.3, 0.4) is 0 Å². The molecule has 1 aromatic heterocycles. The van der Waals surface area contributed by atoms with Crippen molar-refractivity contribution in [1.29, 1.82) is 0 Å². The average molecular weight is 321 g/mol. The van der Waals surface area contributed by atoms with Gasteiger partial charge in [0.1, 0.15) is 0 Å². The molecule has 0 aliphatic heterocycles. The standard InChI is InChI=1S/C20H23N3O/c1-14-8-7-9-15(12-14)19-23-22-18(24-19)13-21-17-11-6-5-10-16(17)20(2,3)4/h5-12,21H,13H2,1-4H3. The van der Waals surface area contributed by atoms with Crippen LogP contribution in [0, 0.1) is 6.92 Å². The van der Waals surface area contributed by atoms with Crippen molar-refractivity contribution >= 4 is 5.69 Å². The van der Waals surface area contributed by atoms with Crippen LogP contribution >= 0.6 is 0 Å². The predicted molar refractivity (Wildman–Crippen MR) is 96.9 cm³/mol. The summed E-state index contributed by atoms with van der Waals surface area (Å²) in [6.07, 6.45) is 0. The van der Waals surface area contributed by atoms with Gasteiger partial charge in [-0.2, -0.15) is 0 Å². The van der Waals surface area contributed by atoms with Gasteiger partial charge in [-0.1, -0.05) is 56.7 Å². The molecule has 0 aliphatic rings. The third-order valence-corrected chi connectivity index (χ3v) is 3.90. The lowest BCUT2D eigenvalue weighted by Gasteiger charge is -2.23. The van der Waals surface area contributed by atoms with Crippen molar-refractivity contribution in [2.24, 2.45) is 0 Å². The minimum absolute atomic E-state index is 0.0746. The van der Waals surface area contributed by atoms with Gasteiger partial charge < -0.3 is 9.73 Å². The van der Waals surface area contributed by atoms with Crippen LogP contribution in [0.1, 0.15) is 37.8 Å². The maximum Gasteiger partial charge on any atom is 0.247 e. The molecule has 0 atom stereocenters. The van der Waals surface area contributed by atoms with Crippen molar-refractivity contribution in [3.63, 3.8) is 0 Å². The van der Waals surface area contributed by atoms with E-state index in [1.54, 1.807) is 0 Å². The zero-order valence-corrected chi connectivity index (χ0v) is 14.6. The normalized spacial score (nSPS) is 11.5. The van der Waals surface area contributed by atoms with Crippen molar-refractivity contribution in [3.8, 4) is 11.5 Å². The summed E-state index contributed by atoms with van der Waals surface area (Å²) in [7, 11) is 0. The van der Waals surface area contributed by atoms with Gasteiger partial charge in [0.25, 0.3) is 0 Å². The molecule has 0 saturated heterocycles. The second kappa shape index (κ2) is 6.48. The molecule has 0 bridgehead atoms. The number of benzene rings is 2. The Morgan fingerprint density at radius 3 is 2.54 bits per heavy atom. The smallest absolute Gasteiger partial charge is 0.247 e. The topological polar surface area (TPSA) is 51.0 Å². The summed E-state index contributed by atoms with van der Waals surface area (Å²) in [6.45, 7) is 9.17. The van der Waals surface area contributed by atoms with Gasteiger partial charge in [0, 0.05) is 11.3 Å². The zero-order chi connectivity index (χ0) is 17.2. The van der Waals surface area contributed by atoms with Crippen LogP contribution in [0.2, 0.25) is 0 Å². The van der Waals surface area contributed by atoms with Crippen molar-refractivity contribution in [2.75, 3.05) is 5.32 Å². The van der Waals surface area contributed by atoms with Gasteiger partial charge in [-0.25, -0.2) is 0 Å². The first-order valence-electron chi connectivity index (χ1n) is 8.16. The second-order valence-electron chi connectivity index (χ2n) is 7.02. The van der Waals surface area contributed by atoms with Gasteiger partial charge in [0.05, 0.1) is 6.54 Å². The summed E-state index contributed by atoms with van der Waals surface area (Å²) in [5, 5.41) is 11.7. The van der Waals surface area contributed by atoms with Crippen molar-refractivity contribution in [1.82, 2.24) is 10.2 Å². The zero-order valence-electron chi connectivity index (χ0n) is 14.6. The first kappa shape index (κ1) is 16.2. The highest BCUT2D eigenvalue weighted by Crippen LogP contribution is 2.29. The lowest BCUT2D eigenvalue weighted by molar-refractivity contribution is 0.514. The second-order valence-corrected chi connectivity index (χ2v) is 7.02. The van der Waals surface area contributed by atoms with Gasteiger partial charge in [0.15, 0.2) is 0 Å². The van der Waals surface area contributed by atoms with E-state index in [0.29, 0.717) is 18.3 Å². The van der Waals surface area contributed by atoms with Crippen LogP contribution in [0.15, 0.2) is 52.9 Å². The maximum atomic E-state index is 5.79. The number of nitrogens with one attached hydrogen (secondary N) is 1. The third-order valence-electron chi connectivity index (χ3n) is 3.90. The fourth-order valence-electron chi connectivity index (χ4n) is 2.68. The molecule has 1 heterocycles. The Kier molecular flexibility index (Phi) is 4.38. The van der Waals surface area contributed by atoms with E-state index in [1.807, 2.05) is 37.3 Å². The molecule has 4 nitrogen and oxygen atoms in total. The van der Waals surface area contributed by atoms with E-state index < -0.39 is 0 Å². The molecule has 0 fully saturated rings.